The van der Waals surface area contributed by atoms with Crippen LogP contribution in [0.15, 0.2) is 47.2 Å². The Morgan fingerprint density at radius 3 is 2.79 bits per heavy atom. The van der Waals surface area contributed by atoms with Crippen LogP contribution in [0.2, 0.25) is 0 Å². The maximum Gasteiger partial charge on any atom is 0.225 e. The average molecular weight is 509 g/mol. The highest BCUT2D eigenvalue weighted by atomic mass is 79.9. The fourth-order valence-corrected chi connectivity index (χ4v) is 5.07. The lowest BCUT2D eigenvalue weighted by Crippen LogP contribution is -2.39. The normalized spacial score (nSPS) is 15.9. The molecule has 9 heteroatoms. The standard InChI is InChI=1S/C24H25BrN6O2/c1-14(32)10-20(33)30-8-6-15(7-9-30)22-21(25)23(26)31-24(29-22)18(13-28-31)17-11-16-4-2-3-5-19(16)27-12-17/h2-5,11-15,32H,6-10,26H2,1H3. The molecule has 1 fully saturated rings. The second-order valence-corrected chi connectivity index (χ2v) is 9.41. The fraction of sp³-hybridized carbons (Fsp3) is 0.333. The Balaban J connectivity index is 1.48. The number of nitrogens with two attached hydrogens (primary N) is 1. The largest absolute Gasteiger partial charge is 0.393 e. The van der Waals surface area contributed by atoms with E-state index in [-0.39, 0.29) is 18.2 Å². The molecule has 33 heavy (non-hydrogen) atoms. The van der Waals surface area contributed by atoms with E-state index in [0.717, 1.165) is 45.0 Å². The molecule has 4 heterocycles. The molecule has 1 aliphatic rings. The summed E-state index contributed by atoms with van der Waals surface area (Å²) in [6.45, 7) is 2.91. The Morgan fingerprint density at radius 2 is 2.03 bits per heavy atom. The van der Waals surface area contributed by atoms with Crippen LogP contribution in [0.4, 0.5) is 5.82 Å². The molecule has 1 unspecified atom stereocenters. The molecule has 5 rings (SSSR count). The van der Waals surface area contributed by atoms with Gasteiger partial charge in [0.15, 0.2) is 5.65 Å². The lowest BCUT2D eigenvalue weighted by Gasteiger charge is -2.32. The van der Waals surface area contributed by atoms with Crippen LogP contribution in [0.25, 0.3) is 27.7 Å². The molecule has 1 aliphatic heterocycles. The summed E-state index contributed by atoms with van der Waals surface area (Å²) in [6.07, 6.45) is 4.72. The van der Waals surface area contributed by atoms with Crippen molar-refractivity contribution in [1.82, 2.24) is 24.5 Å². The predicted octanol–water partition coefficient (Wildman–Crippen LogP) is 3.77. The molecule has 8 nitrogen and oxygen atoms in total. The Hall–Kier alpha value is -3.04. The zero-order valence-corrected chi connectivity index (χ0v) is 19.9. The van der Waals surface area contributed by atoms with Crippen molar-refractivity contribution >= 4 is 44.2 Å². The van der Waals surface area contributed by atoms with Crippen molar-refractivity contribution in [3.05, 3.63) is 52.9 Å². The van der Waals surface area contributed by atoms with Crippen molar-refractivity contribution in [3.8, 4) is 11.1 Å². The van der Waals surface area contributed by atoms with Gasteiger partial charge in [0.05, 0.1) is 34.4 Å². The number of pyridine rings is 1. The van der Waals surface area contributed by atoms with Crippen molar-refractivity contribution < 1.29 is 9.90 Å². The van der Waals surface area contributed by atoms with E-state index in [1.54, 1.807) is 17.6 Å². The van der Waals surface area contributed by atoms with Gasteiger partial charge in [0, 0.05) is 41.7 Å². The van der Waals surface area contributed by atoms with Gasteiger partial charge in [-0.25, -0.2) is 4.98 Å². The molecule has 0 spiro atoms. The van der Waals surface area contributed by atoms with Crippen molar-refractivity contribution in [2.75, 3.05) is 18.8 Å². The predicted molar refractivity (Wildman–Crippen MR) is 131 cm³/mol. The number of rotatable bonds is 4. The number of carbonyl (C=O) groups excluding carboxylic acids is 1. The Bertz CT molecular complexity index is 1340. The highest BCUT2D eigenvalue weighted by molar-refractivity contribution is 9.10. The number of nitrogens with zero attached hydrogens (tertiary/aromatic N) is 5. The number of anilines is 1. The van der Waals surface area contributed by atoms with Crippen LogP contribution >= 0.6 is 15.9 Å². The summed E-state index contributed by atoms with van der Waals surface area (Å²) >= 11 is 3.64. The first-order valence-electron chi connectivity index (χ1n) is 11.1. The minimum atomic E-state index is -0.627. The molecule has 0 bridgehead atoms. The number of nitrogen functional groups attached to an aromatic ring is 1. The Morgan fingerprint density at radius 1 is 1.27 bits per heavy atom. The van der Waals surface area contributed by atoms with Crippen LogP contribution < -0.4 is 5.73 Å². The minimum absolute atomic E-state index is 0.00711. The molecule has 1 atom stereocenters. The van der Waals surface area contributed by atoms with E-state index in [0.29, 0.717) is 24.6 Å². The summed E-state index contributed by atoms with van der Waals surface area (Å²) in [7, 11) is 0. The number of piperidine rings is 1. The van der Waals surface area contributed by atoms with E-state index in [4.69, 9.17) is 10.7 Å². The SMILES string of the molecule is CC(O)CC(=O)N1CCC(c2nc3c(-c4cnc5ccccc5c4)cnn3c(N)c2Br)CC1. The third kappa shape index (κ3) is 4.06. The molecule has 3 aromatic heterocycles. The smallest absolute Gasteiger partial charge is 0.225 e. The van der Waals surface area contributed by atoms with E-state index in [1.165, 1.54) is 0 Å². The number of carbonyl (C=O) groups is 1. The number of aliphatic hydroxyl groups is 1. The number of likely N-dealkylation sites (tertiary alicyclic amines) is 1. The number of amides is 1. The summed E-state index contributed by atoms with van der Waals surface area (Å²) in [5.74, 6) is 0.662. The lowest BCUT2D eigenvalue weighted by molar-refractivity contribution is -0.134. The first-order chi connectivity index (χ1) is 15.9. The number of hydrogen-bond donors (Lipinski definition) is 2. The maximum atomic E-state index is 12.3. The van der Waals surface area contributed by atoms with Crippen LogP contribution in [0.1, 0.15) is 37.8 Å². The second kappa shape index (κ2) is 8.72. The van der Waals surface area contributed by atoms with Gasteiger partial charge in [0.2, 0.25) is 5.91 Å². The molecule has 1 amide bonds. The van der Waals surface area contributed by atoms with Crippen LogP contribution in [0.5, 0.6) is 0 Å². The number of hydrogen-bond acceptors (Lipinski definition) is 6. The molecule has 0 radical (unpaired) electrons. The van der Waals surface area contributed by atoms with Crippen molar-refractivity contribution in [2.24, 2.45) is 0 Å². The zero-order chi connectivity index (χ0) is 23.1. The van der Waals surface area contributed by atoms with Gasteiger partial charge in [0.25, 0.3) is 0 Å². The van der Waals surface area contributed by atoms with Crippen LogP contribution in [0.3, 0.4) is 0 Å². The van der Waals surface area contributed by atoms with E-state index < -0.39 is 6.10 Å². The van der Waals surface area contributed by atoms with Crippen molar-refractivity contribution in [3.63, 3.8) is 0 Å². The second-order valence-electron chi connectivity index (χ2n) is 8.61. The van der Waals surface area contributed by atoms with Crippen LogP contribution in [0, 0.1) is 0 Å². The summed E-state index contributed by atoms with van der Waals surface area (Å²) in [5, 5.41) is 15.0. The molecule has 0 saturated carbocycles. The monoisotopic (exact) mass is 508 g/mol. The lowest BCUT2D eigenvalue weighted by atomic mass is 9.92. The number of aromatic nitrogens is 4. The molecule has 1 aromatic carbocycles. The van der Waals surface area contributed by atoms with Gasteiger partial charge in [-0.1, -0.05) is 18.2 Å². The molecule has 170 valence electrons. The van der Waals surface area contributed by atoms with E-state index >= 15 is 0 Å². The molecule has 3 N–H and O–H groups in total. The third-order valence-electron chi connectivity index (χ3n) is 6.25. The Labute approximate surface area is 199 Å². The summed E-state index contributed by atoms with van der Waals surface area (Å²) < 4.78 is 2.40. The minimum Gasteiger partial charge on any atom is -0.393 e. The van der Waals surface area contributed by atoms with E-state index in [2.05, 4.69) is 32.1 Å². The third-order valence-corrected chi connectivity index (χ3v) is 7.07. The molecular formula is C24H25BrN6O2. The van der Waals surface area contributed by atoms with Gasteiger partial charge in [-0.05, 0) is 47.8 Å². The molecular weight excluding hydrogens is 484 g/mol. The van der Waals surface area contributed by atoms with Crippen LogP contribution in [-0.2, 0) is 4.79 Å². The number of halogens is 1. The summed E-state index contributed by atoms with van der Waals surface area (Å²) in [5.41, 5.74) is 10.8. The van der Waals surface area contributed by atoms with E-state index in [9.17, 15) is 9.90 Å². The van der Waals surface area contributed by atoms with Crippen molar-refractivity contribution in [1.29, 1.82) is 0 Å². The van der Waals surface area contributed by atoms with Gasteiger partial charge < -0.3 is 15.7 Å². The molecule has 0 aliphatic carbocycles. The van der Waals surface area contributed by atoms with Crippen molar-refractivity contribution in [2.45, 2.75) is 38.2 Å². The van der Waals surface area contributed by atoms with Gasteiger partial charge in [-0.2, -0.15) is 9.61 Å². The average Bonchev–Trinajstić information content (AvgIpc) is 3.25. The Kier molecular flexibility index (Phi) is 5.76. The van der Waals surface area contributed by atoms with Gasteiger partial charge in [-0.3, -0.25) is 9.78 Å². The number of para-hydroxylation sites is 1. The molecule has 1 saturated heterocycles. The quantitative estimate of drug-likeness (QED) is 0.434. The summed E-state index contributed by atoms with van der Waals surface area (Å²) in [4.78, 5) is 23.7. The molecule has 4 aromatic rings. The number of aliphatic hydroxyl groups excluding tert-OH is 1. The van der Waals surface area contributed by atoms with E-state index in [1.807, 2.05) is 35.4 Å². The van der Waals surface area contributed by atoms with Gasteiger partial charge in [-0.15, -0.1) is 0 Å². The maximum absolute atomic E-state index is 12.3. The fourth-order valence-electron chi connectivity index (χ4n) is 4.49. The topological polar surface area (TPSA) is 110 Å². The van der Waals surface area contributed by atoms with Gasteiger partial charge in [0.1, 0.15) is 5.82 Å². The first-order valence-corrected chi connectivity index (χ1v) is 11.8. The zero-order valence-electron chi connectivity index (χ0n) is 18.3. The highest BCUT2D eigenvalue weighted by Gasteiger charge is 2.28. The van der Waals surface area contributed by atoms with Crippen LogP contribution in [-0.4, -0.2) is 54.7 Å². The summed E-state index contributed by atoms with van der Waals surface area (Å²) in [6, 6.07) is 10.1. The number of fused-ring (bicyclic) bond motifs is 2. The first kappa shape index (κ1) is 21.8. The highest BCUT2D eigenvalue weighted by Crippen LogP contribution is 2.37. The van der Waals surface area contributed by atoms with Gasteiger partial charge >= 0.3 is 0 Å². The number of benzene rings is 1.